The normalized spacial score (nSPS) is 18.9. The molecule has 2 aliphatic rings. The zero-order valence-corrected chi connectivity index (χ0v) is 24.0. The number of halogens is 2. The summed E-state index contributed by atoms with van der Waals surface area (Å²) in [5, 5.41) is 19.6. The Morgan fingerprint density at radius 2 is 1.88 bits per heavy atom. The molecule has 3 aromatic carbocycles. The quantitative estimate of drug-likeness (QED) is 0.400. The number of hydrogen-bond donors (Lipinski definition) is 2. The minimum absolute atomic E-state index is 0.146. The number of nitrogens with zero attached hydrogens (tertiary/aromatic N) is 3. The first-order valence-electron chi connectivity index (χ1n) is 13.2. The van der Waals surface area contributed by atoms with E-state index >= 15 is 0 Å². The molecule has 3 aromatic rings. The summed E-state index contributed by atoms with van der Waals surface area (Å²) in [4.78, 5) is 4.49. The number of aliphatic hydroxyl groups is 2. The van der Waals surface area contributed by atoms with Crippen LogP contribution in [0.2, 0.25) is 5.02 Å². The number of anilines is 2. The van der Waals surface area contributed by atoms with Crippen molar-refractivity contribution in [3.63, 3.8) is 0 Å². The van der Waals surface area contributed by atoms with E-state index in [1.807, 2.05) is 37.3 Å². The standard InChI is InChI=1S/C30H33ClFN3O4S/c1-20-5-3-6-25(13-20)40(38,39)35-17-23-16-33(18-24(37)19-36)11-12-34(23)28-10-9-22(15-29(28)35)14-21(2)30-26(31)7-4-8-27(30)32/h3-10,13-15,23-24,36-37H,11-12,16-19H2,1-2H3/b21-14+/t23-,24+/m0/s1. The maximum absolute atomic E-state index is 14.6. The van der Waals surface area contributed by atoms with E-state index in [4.69, 9.17) is 11.6 Å². The lowest BCUT2D eigenvalue weighted by molar-refractivity contribution is 0.0532. The lowest BCUT2D eigenvalue weighted by atomic mass is 10.0. The zero-order valence-electron chi connectivity index (χ0n) is 22.5. The number of β-amino-alcohol motifs (C(OH)–C–C–N with tert-alkyl or cyclic N) is 1. The highest BCUT2D eigenvalue weighted by Gasteiger charge is 2.40. The van der Waals surface area contributed by atoms with E-state index in [2.05, 4.69) is 9.80 Å². The molecule has 5 rings (SSSR count). The Labute approximate surface area is 239 Å². The molecule has 0 radical (unpaired) electrons. The van der Waals surface area contributed by atoms with Gasteiger partial charge in [0, 0.05) is 31.7 Å². The number of aliphatic hydroxyl groups excluding tert-OH is 2. The third-order valence-electron chi connectivity index (χ3n) is 7.52. The molecule has 1 saturated heterocycles. The second-order valence-electron chi connectivity index (χ2n) is 10.5. The average molecular weight is 586 g/mol. The van der Waals surface area contributed by atoms with Crippen LogP contribution in [0.1, 0.15) is 23.6 Å². The van der Waals surface area contributed by atoms with Crippen LogP contribution in [0.3, 0.4) is 0 Å². The van der Waals surface area contributed by atoms with Gasteiger partial charge in [-0.25, -0.2) is 12.8 Å². The Morgan fingerprint density at radius 1 is 1.10 bits per heavy atom. The molecule has 7 nitrogen and oxygen atoms in total. The predicted octanol–water partition coefficient (Wildman–Crippen LogP) is 4.40. The lowest BCUT2D eigenvalue weighted by Crippen LogP contribution is -2.61. The Hall–Kier alpha value is -2.95. The van der Waals surface area contributed by atoms with Gasteiger partial charge in [0.15, 0.2) is 0 Å². The fraction of sp³-hybridized carbons (Fsp3) is 0.333. The Bertz CT molecular complexity index is 1530. The number of hydrogen-bond acceptors (Lipinski definition) is 6. The molecule has 212 valence electrons. The molecular formula is C30H33ClFN3O4S. The minimum Gasteiger partial charge on any atom is -0.394 e. The van der Waals surface area contributed by atoms with Crippen molar-refractivity contribution < 1.29 is 23.0 Å². The van der Waals surface area contributed by atoms with Crippen LogP contribution >= 0.6 is 11.6 Å². The van der Waals surface area contributed by atoms with Crippen LogP contribution in [-0.4, -0.2) is 75.0 Å². The maximum atomic E-state index is 14.6. The third kappa shape index (κ3) is 5.62. The molecule has 0 amide bonds. The second kappa shape index (κ2) is 11.5. The van der Waals surface area contributed by atoms with Gasteiger partial charge in [0.25, 0.3) is 10.0 Å². The number of aryl methyl sites for hydroxylation is 1. The summed E-state index contributed by atoms with van der Waals surface area (Å²) >= 11 is 6.29. The van der Waals surface area contributed by atoms with E-state index in [9.17, 15) is 23.0 Å². The van der Waals surface area contributed by atoms with Gasteiger partial charge in [-0.1, -0.05) is 41.9 Å². The van der Waals surface area contributed by atoms with E-state index in [1.165, 1.54) is 10.4 Å². The van der Waals surface area contributed by atoms with Crippen molar-refractivity contribution in [3.8, 4) is 0 Å². The van der Waals surface area contributed by atoms with Crippen LogP contribution in [0, 0.1) is 12.7 Å². The SMILES string of the molecule is C/C(=C\c1ccc2c(c1)N(S(=O)(=O)c1cccc(C)c1)C[C@@H]1CN(C[C@@H](O)CO)CCN21)c1c(F)cccc1Cl. The molecular weight excluding hydrogens is 553 g/mol. The van der Waals surface area contributed by atoms with Gasteiger partial charge in [0.2, 0.25) is 0 Å². The fourth-order valence-electron chi connectivity index (χ4n) is 5.60. The van der Waals surface area contributed by atoms with Crippen molar-refractivity contribution >= 4 is 44.6 Å². The molecule has 0 aliphatic carbocycles. The third-order valence-corrected chi connectivity index (χ3v) is 9.61. The number of rotatable bonds is 7. The highest BCUT2D eigenvalue weighted by molar-refractivity contribution is 7.92. The highest BCUT2D eigenvalue weighted by Crippen LogP contribution is 2.41. The van der Waals surface area contributed by atoms with Gasteiger partial charge in [0.05, 0.1) is 46.6 Å². The molecule has 0 spiro atoms. The predicted molar refractivity (Wildman–Crippen MR) is 158 cm³/mol. The van der Waals surface area contributed by atoms with Crippen LogP contribution in [-0.2, 0) is 10.0 Å². The first-order chi connectivity index (χ1) is 19.1. The summed E-state index contributed by atoms with van der Waals surface area (Å²) in [6, 6.07) is 16.9. The van der Waals surface area contributed by atoms with E-state index in [0.717, 1.165) is 16.8 Å². The van der Waals surface area contributed by atoms with Gasteiger partial charge < -0.3 is 15.1 Å². The summed E-state index contributed by atoms with van der Waals surface area (Å²) in [5.41, 5.74) is 3.86. The maximum Gasteiger partial charge on any atom is 0.264 e. The molecule has 0 saturated carbocycles. The minimum atomic E-state index is -3.91. The van der Waals surface area contributed by atoms with E-state index in [1.54, 1.807) is 37.3 Å². The fourth-order valence-corrected chi connectivity index (χ4v) is 7.53. The van der Waals surface area contributed by atoms with Gasteiger partial charge >= 0.3 is 0 Å². The van der Waals surface area contributed by atoms with Crippen LogP contribution in [0.4, 0.5) is 15.8 Å². The topological polar surface area (TPSA) is 84.3 Å². The highest BCUT2D eigenvalue weighted by atomic mass is 35.5. The van der Waals surface area contributed by atoms with Crippen molar-refractivity contribution in [1.29, 1.82) is 0 Å². The summed E-state index contributed by atoms with van der Waals surface area (Å²) in [6.45, 7) is 5.72. The molecule has 1 fully saturated rings. The Balaban J connectivity index is 1.57. The molecule has 2 heterocycles. The lowest BCUT2D eigenvalue weighted by Gasteiger charge is -2.49. The van der Waals surface area contributed by atoms with Crippen molar-refractivity contribution in [2.24, 2.45) is 0 Å². The Kier molecular flexibility index (Phi) is 8.22. The second-order valence-corrected chi connectivity index (χ2v) is 12.7. The number of benzene rings is 3. The number of sulfonamides is 1. The average Bonchev–Trinajstić information content (AvgIpc) is 2.92. The molecule has 2 N–H and O–H groups in total. The van der Waals surface area contributed by atoms with Crippen LogP contribution < -0.4 is 9.21 Å². The monoisotopic (exact) mass is 585 g/mol. The summed E-state index contributed by atoms with van der Waals surface area (Å²) in [7, 11) is -3.91. The molecule has 10 heteroatoms. The zero-order chi connectivity index (χ0) is 28.6. The van der Waals surface area contributed by atoms with Gasteiger partial charge in [0.1, 0.15) is 5.82 Å². The molecule has 0 bridgehead atoms. The van der Waals surface area contributed by atoms with E-state index in [0.29, 0.717) is 48.0 Å². The van der Waals surface area contributed by atoms with Crippen LogP contribution in [0.5, 0.6) is 0 Å². The summed E-state index contributed by atoms with van der Waals surface area (Å²) in [6.07, 6.45) is 0.956. The number of allylic oxidation sites excluding steroid dienone is 1. The van der Waals surface area contributed by atoms with Crippen molar-refractivity contribution in [2.75, 3.05) is 48.5 Å². The first kappa shape index (κ1) is 28.6. The van der Waals surface area contributed by atoms with Crippen molar-refractivity contribution in [1.82, 2.24) is 4.90 Å². The summed E-state index contributed by atoms with van der Waals surface area (Å²) in [5.74, 6) is -0.421. The van der Waals surface area contributed by atoms with E-state index < -0.39 is 21.9 Å². The molecule has 0 unspecified atom stereocenters. The molecule has 0 aromatic heterocycles. The van der Waals surface area contributed by atoms with Crippen LogP contribution in [0.25, 0.3) is 11.6 Å². The van der Waals surface area contributed by atoms with Gasteiger partial charge in [-0.2, -0.15) is 0 Å². The van der Waals surface area contributed by atoms with Gasteiger partial charge in [-0.05, 0) is 66.9 Å². The Morgan fingerprint density at radius 3 is 2.60 bits per heavy atom. The summed E-state index contributed by atoms with van der Waals surface area (Å²) < 4.78 is 44.2. The van der Waals surface area contributed by atoms with E-state index in [-0.39, 0.29) is 24.1 Å². The van der Waals surface area contributed by atoms with Crippen molar-refractivity contribution in [3.05, 3.63) is 88.2 Å². The van der Waals surface area contributed by atoms with Crippen molar-refractivity contribution in [2.45, 2.75) is 30.9 Å². The smallest absolute Gasteiger partial charge is 0.264 e. The van der Waals surface area contributed by atoms with Gasteiger partial charge in [-0.15, -0.1) is 0 Å². The number of fused-ring (bicyclic) bond motifs is 3. The van der Waals surface area contributed by atoms with Gasteiger partial charge in [-0.3, -0.25) is 9.21 Å². The molecule has 2 aliphatic heterocycles. The van der Waals surface area contributed by atoms with Crippen LogP contribution in [0.15, 0.2) is 65.6 Å². The molecule has 40 heavy (non-hydrogen) atoms. The molecule has 2 atom stereocenters. The largest absolute Gasteiger partial charge is 0.394 e. The number of piperazine rings is 1. The first-order valence-corrected chi connectivity index (χ1v) is 15.0.